The molecule has 0 amide bonds. The van der Waals surface area contributed by atoms with Gasteiger partial charge in [0.15, 0.2) is 17.0 Å². The molecule has 3 heterocycles. The van der Waals surface area contributed by atoms with E-state index in [1.165, 1.54) is 10.9 Å². The molecule has 0 aromatic carbocycles. The third-order valence-corrected chi connectivity index (χ3v) is 3.86. The van der Waals surface area contributed by atoms with Crippen molar-refractivity contribution in [2.24, 2.45) is 5.92 Å². The van der Waals surface area contributed by atoms with Gasteiger partial charge in [0.2, 0.25) is 0 Å². The van der Waals surface area contributed by atoms with E-state index in [1.807, 2.05) is 6.92 Å². The Labute approximate surface area is 124 Å². The molecule has 3 atom stereocenters. The predicted molar refractivity (Wildman–Crippen MR) is 75.5 cm³/mol. The highest BCUT2D eigenvalue weighted by Crippen LogP contribution is 2.43. The van der Waals surface area contributed by atoms with Crippen LogP contribution in [0.15, 0.2) is 6.33 Å². The van der Waals surface area contributed by atoms with Crippen LogP contribution in [-0.4, -0.2) is 25.1 Å². The van der Waals surface area contributed by atoms with Crippen molar-refractivity contribution in [3.8, 4) is 12.3 Å². The lowest BCUT2D eigenvalue weighted by atomic mass is 9.87. The number of halogens is 1. The Kier molecular flexibility index (Phi) is 2.55. The molecule has 3 rings (SSSR count). The Bertz CT molecular complexity index is 817. The minimum absolute atomic E-state index is 0.0694. The summed E-state index contributed by atoms with van der Waals surface area (Å²) in [5, 5.41) is 0. The van der Waals surface area contributed by atoms with Crippen molar-refractivity contribution in [1.82, 2.24) is 19.5 Å². The molecule has 1 saturated heterocycles. The van der Waals surface area contributed by atoms with Crippen LogP contribution in [0.5, 0.6) is 0 Å². The number of nitrogens with two attached hydrogens (primary N) is 1. The highest BCUT2D eigenvalue weighted by Gasteiger charge is 2.44. The van der Waals surface area contributed by atoms with Gasteiger partial charge in [-0.2, -0.15) is 14.4 Å². The topological polar surface area (TPSA) is 78.9 Å². The number of nitrogen functional groups attached to an aromatic ring is 1. The van der Waals surface area contributed by atoms with Crippen molar-refractivity contribution in [3.63, 3.8) is 0 Å². The second-order valence-electron chi connectivity index (χ2n) is 4.95. The normalized spacial score (nSPS) is 32.7. The zero-order valence-electron chi connectivity index (χ0n) is 13.7. The summed E-state index contributed by atoms with van der Waals surface area (Å²) < 4.78 is 37.5. The lowest BCUT2D eigenvalue weighted by Crippen LogP contribution is -2.31. The van der Waals surface area contributed by atoms with Crippen LogP contribution >= 0.6 is 0 Å². The lowest BCUT2D eigenvalue weighted by Gasteiger charge is -2.25. The van der Waals surface area contributed by atoms with Gasteiger partial charge in [0, 0.05) is 8.66 Å². The van der Waals surface area contributed by atoms with Gasteiger partial charge in [-0.25, -0.2) is 4.98 Å². The minimum Gasteiger partial charge on any atom is -0.382 e. The summed E-state index contributed by atoms with van der Waals surface area (Å²) in [6, 6.07) is 0. The van der Waals surface area contributed by atoms with Gasteiger partial charge in [0.05, 0.1) is 6.33 Å². The van der Waals surface area contributed by atoms with E-state index >= 15 is 0 Å². The van der Waals surface area contributed by atoms with Crippen LogP contribution in [-0.2, 0) is 4.74 Å². The minimum atomic E-state index is -1.80. The van der Waals surface area contributed by atoms with Gasteiger partial charge in [-0.3, -0.25) is 4.57 Å². The lowest BCUT2D eigenvalue weighted by molar-refractivity contribution is -0.0465. The maximum atomic E-state index is 13.5. The van der Waals surface area contributed by atoms with Crippen LogP contribution < -0.4 is 5.73 Å². The molecule has 2 N–H and O–H groups in total. The van der Waals surface area contributed by atoms with E-state index in [-0.39, 0.29) is 17.0 Å². The number of hydrogen-bond donors (Lipinski definition) is 1. The Balaban J connectivity index is 2.18. The van der Waals surface area contributed by atoms with Gasteiger partial charge in [-0.15, -0.1) is 6.42 Å². The molecule has 0 radical (unpaired) electrons. The van der Waals surface area contributed by atoms with Crippen LogP contribution in [0.4, 0.5) is 10.2 Å². The van der Waals surface area contributed by atoms with Crippen LogP contribution in [0.3, 0.4) is 0 Å². The molecule has 21 heavy (non-hydrogen) atoms. The van der Waals surface area contributed by atoms with Crippen molar-refractivity contribution >= 4 is 17.0 Å². The van der Waals surface area contributed by atoms with Crippen LogP contribution in [0.25, 0.3) is 11.2 Å². The first-order valence-electron chi connectivity index (χ1n) is 7.58. The smallest absolute Gasteiger partial charge is 0.312 e. The first-order chi connectivity index (χ1) is 10.8. The average Bonchev–Trinajstić information content (AvgIpc) is 2.99. The van der Waals surface area contributed by atoms with Crippen LogP contribution in [0, 0.1) is 24.3 Å². The van der Waals surface area contributed by atoms with Crippen molar-refractivity contribution in [2.75, 3.05) is 5.73 Å². The molecule has 0 spiro atoms. The fourth-order valence-corrected chi connectivity index (χ4v) is 2.55. The summed E-state index contributed by atoms with van der Waals surface area (Å²) in [5.41, 5.74) is 4.84. The Morgan fingerprint density at radius 1 is 1.71 bits per heavy atom. The van der Waals surface area contributed by atoms with Gasteiger partial charge >= 0.3 is 6.08 Å². The Morgan fingerprint density at radius 3 is 3.10 bits per heavy atom. The van der Waals surface area contributed by atoms with Crippen molar-refractivity contribution in [1.29, 1.82) is 0 Å². The molecule has 0 bridgehead atoms. The van der Waals surface area contributed by atoms with Crippen LogP contribution in [0.1, 0.15) is 35.6 Å². The SMILES string of the molecule is [2H]C1([2H])[C@H](n2cnc3c(N)nc(F)nc32)O[C@](C#C)(CC)[C@H]1C. The first-order valence-corrected chi connectivity index (χ1v) is 6.58. The second-order valence-corrected chi connectivity index (χ2v) is 4.95. The summed E-state index contributed by atoms with van der Waals surface area (Å²) in [4.78, 5) is 11.1. The third-order valence-electron chi connectivity index (χ3n) is 3.86. The summed E-state index contributed by atoms with van der Waals surface area (Å²) in [6.07, 6.45) is 3.45. The first kappa shape index (κ1) is 11.5. The fourth-order valence-electron chi connectivity index (χ4n) is 2.55. The van der Waals surface area contributed by atoms with E-state index in [9.17, 15) is 4.39 Å². The highest BCUT2D eigenvalue weighted by molar-refractivity contribution is 5.81. The number of ether oxygens (including phenoxy) is 1. The summed E-state index contributed by atoms with van der Waals surface area (Å²) >= 11 is 0. The number of terminal acetylenes is 1. The molecule has 1 aliphatic rings. The molecule has 2 aromatic heterocycles. The largest absolute Gasteiger partial charge is 0.382 e. The quantitative estimate of drug-likeness (QED) is 0.675. The number of imidazole rings is 1. The molecule has 110 valence electrons. The Morgan fingerprint density at radius 2 is 2.48 bits per heavy atom. The van der Waals surface area contributed by atoms with Gasteiger partial charge in [-0.1, -0.05) is 19.8 Å². The van der Waals surface area contributed by atoms with Crippen LogP contribution in [0.2, 0.25) is 0 Å². The van der Waals surface area contributed by atoms with Crippen molar-refractivity contribution in [2.45, 2.75) is 38.5 Å². The average molecular weight is 291 g/mol. The number of nitrogens with zero attached hydrogens (tertiary/aromatic N) is 4. The van der Waals surface area contributed by atoms with Gasteiger partial charge in [0.1, 0.15) is 11.8 Å². The number of anilines is 1. The van der Waals surface area contributed by atoms with Gasteiger partial charge < -0.3 is 10.5 Å². The summed E-state index contributed by atoms with van der Waals surface area (Å²) in [6.45, 7) is 3.53. The summed E-state index contributed by atoms with van der Waals surface area (Å²) in [7, 11) is 0. The van der Waals surface area contributed by atoms with E-state index in [0.29, 0.717) is 6.42 Å². The molecule has 1 aliphatic heterocycles. The molecule has 0 aliphatic carbocycles. The monoisotopic (exact) mass is 291 g/mol. The van der Waals surface area contributed by atoms with Gasteiger partial charge in [0.25, 0.3) is 0 Å². The zero-order valence-corrected chi connectivity index (χ0v) is 11.7. The van der Waals surface area contributed by atoms with E-state index < -0.39 is 30.2 Å². The summed E-state index contributed by atoms with van der Waals surface area (Å²) in [5.74, 6) is 1.88. The number of hydrogen-bond acceptors (Lipinski definition) is 5. The molecule has 7 heteroatoms. The number of fused-ring (bicyclic) bond motifs is 1. The molecular formula is C14H16FN5O. The van der Waals surface area contributed by atoms with Crippen molar-refractivity contribution in [3.05, 3.63) is 12.4 Å². The Hall–Kier alpha value is -2.20. The van der Waals surface area contributed by atoms with E-state index in [1.54, 1.807) is 6.92 Å². The number of rotatable bonds is 2. The molecule has 6 nitrogen and oxygen atoms in total. The van der Waals surface area contributed by atoms with Crippen molar-refractivity contribution < 1.29 is 11.9 Å². The van der Waals surface area contributed by atoms with E-state index in [4.69, 9.17) is 19.6 Å². The molecule has 0 saturated carbocycles. The predicted octanol–water partition coefficient (Wildman–Crippen LogP) is 1.88. The molecular weight excluding hydrogens is 273 g/mol. The zero-order chi connectivity index (χ0) is 17.0. The fraction of sp³-hybridized carbons (Fsp3) is 0.500. The molecule has 1 fully saturated rings. The van der Waals surface area contributed by atoms with Gasteiger partial charge in [-0.05, 0) is 12.8 Å². The van der Waals surface area contributed by atoms with E-state index in [0.717, 1.165) is 0 Å². The standard InChI is InChI=1S/C14H16FN5O/c1-4-14(5-2)8(3)6-9(21-14)20-7-17-10-11(16)18-13(15)19-12(10)20/h1,7-9H,5-6H2,2-3H3,(H2,16,18,19)/t8-,9+,14+/m0/s1/i6D2. The molecule has 0 unspecified atom stereocenters. The maximum absolute atomic E-state index is 13.5. The van der Waals surface area contributed by atoms with E-state index in [2.05, 4.69) is 20.9 Å². The maximum Gasteiger partial charge on any atom is 0.312 e. The molecule has 2 aromatic rings. The highest BCUT2D eigenvalue weighted by atomic mass is 19.1. The second kappa shape index (κ2) is 4.67. The third kappa shape index (κ3) is 1.94. The number of aromatic nitrogens is 4.